The van der Waals surface area contributed by atoms with Gasteiger partial charge in [0, 0.05) is 22.1 Å². The molecular formula is C12H17BrN2O2. The third-order valence-electron chi connectivity index (χ3n) is 2.04. The number of nitrogens with two attached hydrogens (primary N) is 1. The van der Waals surface area contributed by atoms with Crippen LogP contribution in [-0.2, 0) is 6.54 Å². The molecule has 0 spiro atoms. The molecule has 0 fully saturated rings. The summed E-state index contributed by atoms with van der Waals surface area (Å²) in [6.07, 6.45) is -0.802. The van der Waals surface area contributed by atoms with Crippen molar-refractivity contribution in [2.45, 2.75) is 32.9 Å². The van der Waals surface area contributed by atoms with Crippen molar-refractivity contribution in [1.29, 1.82) is 0 Å². The van der Waals surface area contributed by atoms with Crippen LogP contribution in [0.15, 0.2) is 22.7 Å². The van der Waals surface area contributed by atoms with Crippen molar-refractivity contribution in [3.8, 4) is 5.75 Å². The maximum absolute atomic E-state index is 10.8. The molecule has 0 aliphatic carbocycles. The van der Waals surface area contributed by atoms with Gasteiger partial charge in [0.1, 0.15) is 5.75 Å². The highest BCUT2D eigenvalue weighted by molar-refractivity contribution is 9.10. The van der Waals surface area contributed by atoms with E-state index in [0.29, 0.717) is 12.3 Å². The Balaban J connectivity index is 2.87. The maximum Gasteiger partial charge on any atom is 0.409 e. The Morgan fingerprint density at radius 2 is 2.12 bits per heavy atom. The molecule has 0 radical (unpaired) electrons. The number of rotatable bonds is 3. The van der Waals surface area contributed by atoms with Gasteiger partial charge < -0.3 is 15.8 Å². The van der Waals surface area contributed by atoms with E-state index in [2.05, 4.69) is 42.0 Å². The first-order valence-corrected chi connectivity index (χ1v) is 6.08. The molecular weight excluding hydrogens is 284 g/mol. The van der Waals surface area contributed by atoms with E-state index in [1.54, 1.807) is 12.1 Å². The fourth-order valence-electron chi connectivity index (χ4n) is 1.25. The van der Waals surface area contributed by atoms with Crippen molar-refractivity contribution in [2.24, 2.45) is 5.73 Å². The Labute approximate surface area is 110 Å². The van der Waals surface area contributed by atoms with E-state index in [-0.39, 0.29) is 5.54 Å². The number of hydrogen-bond acceptors (Lipinski definition) is 3. The molecule has 0 saturated carbocycles. The molecule has 4 nitrogen and oxygen atoms in total. The predicted molar refractivity (Wildman–Crippen MR) is 70.9 cm³/mol. The largest absolute Gasteiger partial charge is 0.410 e. The monoisotopic (exact) mass is 300 g/mol. The molecule has 1 rings (SSSR count). The molecule has 1 aromatic rings. The quantitative estimate of drug-likeness (QED) is 0.902. The summed E-state index contributed by atoms with van der Waals surface area (Å²) in [5.74, 6) is 0.484. The van der Waals surface area contributed by atoms with Gasteiger partial charge in [-0.05, 0) is 39.0 Å². The van der Waals surface area contributed by atoms with Crippen LogP contribution in [0.4, 0.5) is 4.79 Å². The molecule has 1 aromatic carbocycles. The first kappa shape index (κ1) is 14.0. The molecule has 0 heterocycles. The van der Waals surface area contributed by atoms with Crippen molar-refractivity contribution in [3.63, 3.8) is 0 Å². The number of ether oxygens (including phenoxy) is 1. The first-order valence-electron chi connectivity index (χ1n) is 5.29. The molecule has 5 heteroatoms. The lowest BCUT2D eigenvalue weighted by molar-refractivity contribution is 0.210. The number of primary amides is 1. The van der Waals surface area contributed by atoms with Gasteiger partial charge in [0.25, 0.3) is 0 Å². The predicted octanol–water partition coefficient (Wildman–Crippen LogP) is 2.79. The van der Waals surface area contributed by atoms with Gasteiger partial charge in [-0.25, -0.2) is 4.79 Å². The normalized spacial score (nSPS) is 11.3. The molecule has 0 unspecified atom stereocenters. The number of nitrogens with one attached hydrogen (secondary N) is 1. The number of benzene rings is 1. The Morgan fingerprint density at radius 3 is 2.65 bits per heavy atom. The summed E-state index contributed by atoms with van der Waals surface area (Å²) in [5, 5.41) is 3.33. The molecule has 0 aliphatic rings. The van der Waals surface area contributed by atoms with E-state index in [4.69, 9.17) is 10.5 Å². The second-order valence-corrected chi connectivity index (χ2v) is 5.69. The molecule has 0 aromatic heterocycles. The van der Waals surface area contributed by atoms with Crippen LogP contribution in [-0.4, -0.2) is 11.6 Å². The van der Waals surface area contributed by atoms with Gasteiger partial charge in [-0.1, -0.05) is 15.9 Å². The van der Waals surface area contributed by atoms with Crippen LogP contribution >= 0.6 is 15.9 Å². The highest BCUT2D eigenvalue weighted by Gasteiger charge is 2.12. The second kappa shape index (κ2) is 5.51. The molecule has 0 bridgehead atoms. The van der Waals surface area contributed by atoms with Crippen LogP contribution in [0.25, 0.3) is 0 Å². The minimum absolute atomic E-state index is 0.00763. The zero-order chi connectivity index (χ0) is 13.1. The van der Waals surface area contributed by atoms with Crippen molar-refractivity contribution < 1.29 is 9.53 Å². The van der Waals surface area contributed by atoms with Crippen LogP contribution in [0, 0.1) is 0 Å². The fraction of sp³-hybridized carbons (Fsp3) is 0.417. The van der Waals surface area contributed by atoms with Gasteiger partial charge in [0.15, 0.2) is 0 Å². The summed E-state index contributed by atoms with van der Waals surface area (Å²) in [5.41, 5.74) is 5.89. The lowest BCUT2D eigenvalue weighted by Crippen LogP contribution is -2.35. The lowest BCUT2D eigenvalue weighted by Gasteiger charge is -2.21. The van der Waals surface area contributed by atoms with Crippen LogP contribution in [0.5, 0.6) is 5.75 Å². The minimum atomic E-state index is -0.802. The van der Waals surface area contributed by atoms with E-state index in [0.717, 1.165) is 10.0 Å². The van der Waals surface area contributed by atoms with Gasteiger partial charge in [0.05, 0.1) is 0 Å². The minimum Gasteiger partial charge on any atom is -0.410 e. The van der Waals surface area contributed by atoms with Crippen molar-refractivity contribution in [3.05, 3.63) is 28.2 Å². The smallest absolute Gasteiger partial charge is 0.409 e. The molecule has 0 aliphatic heterocycles. The zero-order valence-corrected chi connectivity index (χ0v) is 11.8. The van der Waals surface area contributed by atoms with Crippen molar-refractivity contribution in [1.82, 2.24) is 5.32 Å². The summed E-state index contributed by atoms with van der Waals surface area (Å²) < 4.78 is 5.87. The summed E-state index contributed by atoms with van der Waals surface area (Å²) in [6.45, 7) is 6.81. The van der Waals surface area contributed by atoms with Gasteiger partial charge in [-0.3, -0.25) is 0 Å². The molecule has 1 amide bonds. The average molecular weight is 301 g/mol. The fourth-order valence-corrected chi connectivity index (χ4v) is 1.66. The van der Waals surface area contributed by atoms with E-state index in [1.165, 1.54) is 0 Å². The van der Waals surface area contributed by atoms with E-state index < -0.39 is 6.09 Å². The summed E-state index contributed by atoms with van der Waals surface area (Å²) in [4.78, 5) is 10.8. The summed E-state index contributed by atoms with van der Waals surface area (Å²) >= 11 is 3.38. The first-order chi connectivity index (χ1) is 7.78. The van der Waals surface area contributed by atoms with E-state index in [9.17, 15) is 4.79 Å². The molecule has 0 atom stereocenters. The Hall–Kier alpha value is -1.07. The van der Waals surface area contributed by atoms with Gasteiger partial charge in [-0.15, -0.1) is 0 Å². The number of amides is 1. The molecule has 0 saturated heterocycles. The highest BCUT2D eigenvalue weighted by Crippen LogP contribution is 2.23. The van der Waals surface area contributed by atoms with Crippen LogP contribution in [0.2, 0.25) is 0 Å². The van der Waals surface area contributed by atoms with E-state index in [1.807, 2.05) is 6.07 Å². The number of halogens is 1. The SMILES string of the molecule is CC(C)(C)NCc1cc(Br)ccc1OC(N)=O. The van der Waals surface area contributed by atoms with Gasteiger partial charge >= 0.3 is 6.09 Å². The zero-order valence-electron chi connectivity index (χ0n) is 10.2. The Kier molecular flexibility index (Phi) is 4.54. The van der Waals surface area contributed by atoms with Crippen LogP contribution in [0.1, 0.15) is 26.3 Å². The topological polar surface area (TPSA) is 64.3 Å². The van der Waals surface area contributed by atoms with Gasteiger partial charge in [-0.2, -0.15) is 0 Å². The maximum atomic E-state index is 10.8. The highest BCUT2D eigenvalue weighted by atomic mass is 79.9. The molecule has 94 valence electrons. The van der Waals surface area contributed by atoms with Crippen LogP contribution in [0.3, 0.4) is 0 Å². The van der Waals surface area contributed by atoms with E-state index >= 15 is 0 Å². The third-order valence-corrected chi connectivity index (χ3v) is 2.54. The Bertz CT molecular complexity index is 413. The number of carbonyl (C=O) groups is 1. The summed E-state index contributed by atoms with van der Waals surface area (Å²) in [6, 6.07) is 5.42. The third kappa shape index (κ3) is 5.19. The Morgan fingerprint density at radius 1 is 1.47 bits per heavy atom. The number of hydrogen-bond donors (Lipinski definition) is 2. The van der Waals surface area contributed by atoms with Crippen molar-refractivity contribution in [2.75, 3.05) is 0 Å². The second-order valence-electron chi connectivity index (χ2n) is 4.78. The molecule has 17 heavy (non-hydrogen) atoms. The van der Waals surface area contributed by atoms with Crippen LogP contribution < -0.4 is 15.8 Å². The lowest BCUT2D eigenvalue weighted by atomic mass is 10.1. The molecule has 3 N–H and O–H groups in total. The van der Waals surface area contributed by atoms with Crippen molar-refractivity contribution >= 4 is 22.0 Å². The average Bonchev–Trinajstić information content (AvgIpc) is 2.16. The standard InChI is InChI=1S/C12H17BrN2O2/c1-12(2,3)15-7-8-6-9(13)4-5-10(8)17-11(14)16/h4-6,15H,7H2,1-3H3,(H2,14,16). The summed E-state index contributed by atoms with van der Waals surface area (Å²) in [7, 11) is 0. The van der Waals surface area contributed by atoms with Gasteiger partial charge in [0.2, 0.25) is 0 Å². The number of carbonyl (C=O) groups excluding carboxylic acids is 1.